The fraction of sp³-hybridized carbons (Fsp3) is 0.556. The highest BCUT2D eigenvalue weighted by Gasteiger charge is 2.14. The van der Waals surface area contributed by atoms with E-state index in [0.717, 1.165) is 19.3 Å². The first-order valence-electron chi connectivity index (χ1n) is 8.81. The predicted molar refractivity (Wildman–Crippen MR) is 101 cm³/mol. The molecular formula is C18H26ClN3O4. The van der Waals surface area contributed by atoms with Crippen LogP contribution in [0.2, 0.25) is 5.02 Å². The van der Waals surface area contributed by atoms with Gasteiger partial charge in [0.1, 0.15) is 5.82 Å². The number of ether oxygens (including phenoxy) is 2. The minimum absolute atomic E-state index is 0.188. The summed E-state index contributed by atoms with van der Waals surface area (Å²) in [7, 11) is 0. The van der Waals surface area contributed by atoms with Crippen molar-refractivity contribution in [2.75, 3.05) is 25.1 Å². The van der Waals surface area contributed by atoms with E-state index >= 15 is 0 Å². The molecule has 1 aromatic rings. The van der Waals surface area contributed by atoms with Crippen LogP contribution in [-0.4, -0.2) is 43.0 Å². The molecule has 144 valence electrons. The number of carbonyl (C=O) groups excluding carboxylic acids is 1. The zero-order valence-electron chi connectivity index (χ0n) is 15.2. The van der Waals surface area contributed by atoms with Crippen LogP contribution in [0.1, 0.15) is 38.7 Å². The minimum Gasteiger partial charge on any atom is -0.377 e. The number of pyridine rings is 1. The second-order valence-electron chi connectivity index (χ2n) is 6.16. The molecule has 2 N–H and O–H groups in total. The average molecular weight is 384 g/mol. The van der Waals surface area contributed by atoms with Crippen LogP contribution in [0.4, 0.5) is 5.82 Å². The van der Waals surface area contributed by atoms with Gasteiger partial charge in [-0.2, -0.15) is 0 Å². The summed E-state index contributed by atoms with van der Waals surface area (Å²) in [6.07, 6.45) is 7.26. The van der Waals surface area contributed by atoms with Crippen molar-refractivity contribution < 1.29 is 19.1 Å². The lowest BCUT2D eigenvalue weighted by Crippen LogP contribution is -2.32. The smallest absolute Gasteiger partial charge is 0.267 e. The fourth-order valence-corrected chi connectivity index (χ4v) is 2.51. The van der Waals surface area contributed by atoms with E-state index in [9.17, 15) is 4.79 Å². The maximum absolute atomic E-state index is 11.8. The lowest BCUT2D eigenvalue weighted by Gasteiger charge is -2.21. The van der Waals surface area contributed by atoms with Crippen molar-refractivity contribution >= 4 is 29.4 Å². The van der Waals surface area contributed by atoms with Crippen molar-refractivity contribution in [2.45, 2.75) is 45.5 Å². The highest BCUT2D eigenvalue weighted by molar-refractivity contribution is 6.33. The van der Waals surface area contributed by atoms with Gasteiger partial charge < -0.3 is 14.8 Å². The van der Waals surface area contributed by atoms with E-state index < -0.39 is 0 Å². The van der Waals surface area contributed by atoms with Gasteiger partial charge in [0.15, 0.2) is 6.29 Å². The van der Waals surface area contributed by atoms with Crippen LogP contribution in [0.25, 0.3) is 6.08 Å². The van der Waals surface area contributed by atoms with Gasteiger partial charge in [-0.05, 0) is 44.4 Å². The Hall–Kier alpha value is -1.67. The Morgan fingerprint density at radius 1 is 1.50 bits per heavy atom. The summed E-state index contributed by atoms with van der Waals surface area (Å²) < 4.78 is 10.8. The Labute approximate surface area is 159 Å². The molecule has 0 bridgehead atoms. The number of nitrogens with zero attached hydrogens (tertiary/aromatic N) is 1. The number of hydrogen-bond acceptors (Lipinski definition) is 6. The SMILES string of the molecule is CC(C)OCCNc1ncc(/C=C/C(=O)NOC2CCCCO2)cc1Cl. The van der Waals surface area contributed by atoms with Gasteiger partial charge in [-0.3, -0.25) is 4.79 Å². The van der Waals surface area contributed by atoms with Gasteiger partial charge in [-0.15, -0.1) is 0 Å². The van der Waals surface area contributed by atoms with E-state index in [1.807, 2.05) is 13.8 Å². The number of carbonyl (C=O) groups is 1. The summed E-state index contributed by atoms with van der Waals surface area (Å²) in [5.41, 5.74) is 3.07. The summed E-state index contributed by atoms with van der Waals surface area (Å²) in [6, 6.07) is 1.73. The van der Waals surface area contributed by atoms with E-state index in [1.54, 1.807) is 18.3 Å². The molecule has 1 amide bonds. The number of aromatic nitrogens is 1. The highest BCUT2D eigenvalue weighted by atomic mass is 35.5. The zero-order chi connectivity index (χ0) is 18.8. The molecule has 1 aliphatic rings. The largest absolute Gasteiger partial charge is 0.377 e. The molecule has 1 fully saturated rings. The van der Waals surface area contributed by atoms with Gasteiger partial charge in [0.2, 0.25) is 0 Å². The number of anilines is 1. The standard InChI is InChI=1S/C18H26ClN3O4/c1-13(2)24-10-8-20-18-15(19)11-14(12-21-18)6-7-16(23)22-26-17-5-3-4-9-25-17/h6-7,11-13,17H,3-5,8-10H2,1-2H3,(H,20,21)(H,22,23)/b7-6+. The molecule has 8 heteroatoms. The van der Waals surface area contributed by atoms with Crippen molar-refractivity contribution in [3.63, 3.8) is 0 Å². The maximum Gasteiger partial charge on any atom is 0.267 e. The summed E-state index contributed by atoms with van der Waals surface area (Å²) in [5.74, 6) is 0.210. The quantitative estimate of drug-likeness (QED) is 0.387. The minimum atomic E-state index is -0.373. The molecule has 0 aliphatic carbocycles. The van der Waals surface area contributed by atoms with Crippen LogP contribution in [0.5, 0.6) is 0 Å². The second-order valence-corrected chi connectivity index (χ2v) is 6.57. The van der Waals surface area contributed by atoms with Crippen molar-refractivity contribution in [2.24, 2.45) is 0 Å². The van der Waals surface area contributed by atoms with E-state index in [4.69, 9.17) is 25.9 Å². The van der Waals surface area contributed by atoms with Crippen molar-refractivity contribution in [1.82, 2.24) is 10.5 Å². The van der Waals surface area contributed by atoms with E-state index in [2.05, 4.69) is 15.8 Å². The number of hydrogen-bond donors (Lipinski definition) is 2. The molecular weight excluding hydrogens is 358 g/mol. The molecule has 0 spiro atoms. The van der Waals surface area contributed by atoms with Gasteiger partial charge in [-0.1, -0.05) is 11.6 Å². The van der Waals surface area contributed by atoms with Crippen LogP contribution >= 0.6 is 11.6 Å². The molecule has 1 atom stereocenters. The summed E-state index contributed by atoms with van der Waals surface area (Å²) >= 11 is 6.21. The Morgan fingerprint density at radius 3 is 3.04 bits per heavy atom. The Balaban J connectivity index is 1.76. The maximum atomic E-state index is 11.8. The molecule has 1 aliphatic heterocycles. The van der Waals surface area contributed by atoms with Crippen LogP contribution in [0, 0.1) is 0 Å². The second kappa shape index (κ2) is 11.1. The molecule has 1 unspecified atom stereocenters. The van der Waals surface area contributed by atoms with E-state index in [-0.39, 0.29) is 18.3 Å². The van der Waals surface area contributed by atoms with E-state index in [1.165, 1.54) is 6.08 Å². The molecule has 2 heterocycles. The first-order chi connectivity index (χ1) is 12.5. The molecule has 0 aromatic carbocycles. The molecule has 26 heavy (non-hydrogen) atoms. The molecule has 1 saturated heterocycles. The normalized spacial score (nSPS) is 17.6. The topological polar surface area (TPSA) is 81.7 Å². The van der Waals surface area contributed by atoms with Gasteiger partial charge in [0.25, 0.3) is 5.91 Å². The molecule has 1 aromatic heterocycles. The summed E-state index contributed by atoms with van der Waals surface area (Å²) in [6.45, 7) is 5.81. The highest BCUT2D eigenvalue weighted by Crippen LogP contribution is 2.20. The van der Waals surface area contributed by atoms with Crippen LogP contribution in [0.3, 0.4) is 0 Å². The third-order valence-corrected chi connectivity index (χ3v) is 3.85. The molecule has 0 radical (unpaired) electrons. The monoisotopic (exact) mass is 383 g/mol. The van der Waals surface area contributed by atoms with Gasteiger partial charge in [0, 0.05) is 31.8 Å². The van der Waals surface area contributed by atoms with Crippen LogP contribution in [-0.2, 0) is 19.1 Å². The van der Waals surface area contributed by atoms with Crippen LogP contribution < -0.4 is 10.8 Å². The lowest BCUT2D eigenvalue weighted by molar-refractivity contribution is -0.198. The molecule has 7 nitrogen and oxygen atoms in total. The van der Waals surface area contributed by atoms with Gasteiger partial charge in [0.05, 0.1) is 17.7 Å². The van der Waals surface area contributed by atoms with Gasteiger partial charge >= 0.3 is 0 Å². The first kappa shape index (κ1) is 20.6. The first-order valence-corrected chi connectivity index (χ1v) is 9.18. The lowest BCUT2D eigenvalue weighted by atomic mass is 10.2. The number of rotatable bonds is 9. The third kappa shape index (κ3) is 7.70. The Kier molecular flexibility index (Phi) is 8.84. The van der Waals surface area contributed by atoms with Crippen LogP contribution in [0.15, 0.2) is 18.3 Å². The average Bonchev–Trinajstić information content (AvgIpc) is 2.63. The van der Waals surface area contributed by atoms with Gasteiger partial charge in [-0.25, -0.2) is 15.3 Å². The van der Waals surface area contributed by atoms with Crippen molar-refractivity contribution in [1.29, 1.82) is 0 Å². The fourth-order valence-electron chi connectivity index (χ4n) is 2.27. The number of hydroxylamine groups is 1. The zero-order valence-corrected chi connectivity index (χ0v) is 15.9. The Bertz CT molecular complexity index is 604. The molecule has 0 saturated carbocycles. The number of amides is 1. The Morgan fingerprint density at radius 2 is 2.35 bits per heavy atom. The summed E-state index contributed by atoms with van der Waals surface area (Å²) in [4.78, 5) is 21.3. The van der Waals surface area contributed by atoms with Crippen molar-refractivity contribution in [3.05, 3.63) is 28.9 Å². The summed E-state index contributed by atoms with van der Waals surface area (Å²) in [5, 5.41) is 3.59. The number of halogens is 1. The molecule has 2 rings (SSSR count). The third-order valence-electron chi connectivity index (χ3n) is 3.56. The van der Waals surface area contributed by atoms with E-state index in [0.29, 0.717) is 36.2 Å². The predicted octanol–water partition coefficient (Wildman–Crippen LogP) is 3.16. The van der Waals surface area contributed by atoms with Crippen molar-refractivity contribution in [3.8, 4) is 0 Å². The number of nitrogens with one attached hydrogen (secondary N) is 2.